The zero-order valence-corrected chi connectivity index (χ0v) is 14.2. The Hall–Kier alpha value is -3.36. The summed E-state index contributed by atoms with van der Waals surface area (Å²) in [5.74, 6) is -0.543. The second kappa shape index (κ2) is 8.84. The van der Waals surface area contributed by atoms with Crippen molar-refractivity contribution in [1.29, 1.82) is 0 Å². The highest BCUT2D eigenvalue weighted by Crippen LogP contribution is 2.28. The van der Waals surface area contributed by atoms with Crippen LogP contribution in [0.3, 0.4) is 0 Å². The maximum atomic E-state index is 12.5. The number of nitrogens with zero attached hydrogens (tertiary/aromatic N) is 1. The number of nitrogens with one attached hydrogen (secondary N) is 2. The van der Waals surface area contributed by atoms with Crippen LogP contribution in [0.25, 0.3) is 0 Å². The van der Waals surface area contributed by atoms with Gasteiger partial charge in [0.2, 0.25) is 0 Å². The van der Waals surface area contributed by atoms with E-state index in [0.29, 0.717) is 16.9 Å². The lowest BCUT2D eigenvalue weighted by Crippen LogP contribution is -2.34. The molecular weight excluding hydrogens is 363 g/mol. The highest BCUT2D eigenvalue weighted by molar-refractivity contribution is 5.96. The number of hydrazone groups is 1. The lowest BCUT2D eigenvalue weighted by atomic mass is 10.1. The Kier molecular flexibility index (Phi) is 6.53. The maximum Gasteiger partial charge on any atom is 0.416 e. The van der Waals surface area contributed by atoms with Crippen LogP contribution in [-0.2, 0) is 11.0 Å². The Bertz CT molecular complexity index is 834. The number of amides is 2. The van der Waals surface area contributed by atoms with Crippen molar-refractivity contribution >= 4 is 18.0 Å². The molecule has 6 nitrogen and oxygen atoms in total. The summed E-state index contributed by atoms with van der Waals surface area (Å²) in [6.07, 6.45) is -3.22. The summed E-state index contributed by atoms with van der Waals surface area (Å²) < 4.78 is 42.4. The maximum absolute atomic E-state index is 12.5. The van der Waals surface area contributed by atoms with Gasteiger partial charge in [-0.15, -0.1) is 0 Å². The molecule has 0 saturated heterocycles. The van der Waals surface area contributed by atoms with Crippen molar-refractivity contribution in [3.8, 4) is 5.75 Å². The number of carbonyl (C=O) groups excluding carboxylic acids is 2. The molecule has 9 heteroatoms. The van der Waals surface area contributed by atoms with Crippen LogP contribution in [0.2, 0.25) is 0 Å². The Balaban J connectivity index is 1.81. The van der Waals surface area contributed by atoms with E-state index in [9.17, 15) is 22.8 Å². The smallest absolute Gasteiger partial charge is 0.416 e. The van der Waals surface area contributed by atoms with E-state index in [1.165, 1.54) is 31.5 Å². The molecule has 0 aliphatic heterocycles. The highest BCUT2D eigenvalue weighted by atomic mass is 19.4. The lowest BCUT2D eigenvalue weighted by Gasteiger charge is -2.06. The molecule has 2 amide bonds. The third kappa shape index (κ3) is 6.14. The molecule has 0 unspecified atom stereocenters. The molecule has 2 N–H and O–H groups in total. The second-order valence-corrected chi connectivity index (χ2v) is 5.33. The standard InChI is InChI=1S/C18H16F3N3O3/c1-27-15-4-2-3-13(9-15)17(26)22-11-16(25)24-23-10-12-5-7-14(8-6-12)18(19,20)21/h2-10H,11H2,1H3,(H,22,26)(H,24,25)/b23-10-. The van der Waals surface area contributed by atoms with Gasteiger partial charge in [-0.05, 0) is 35.9 Å². The van der Waals surface area contributed by atoms with Gasteiger partial charge >= 0.3 is 6.18 Å². The van der Waals surface area contributed by atoms with Crippen LogP contribution in [0, 0.1) is 0 Å². The van der Waals surface area contributed by atoms with Crippen molar-refractivity contribution in [2.75, 3.05) is 13.7 Å². The lowest BCUT2D eigenvalue weighted by molar-refractivity contribution is -0.137. The average Bonchev–Trinajstić information content (AvgIpc) is 2.66. The Morgan fingerprint density at radius 2 is 1.85 bits per heavy atom. The molecule has 0 saturated carbocycles. The Labute approximate surface area is 153 Å². The number of methoxy groups -OCH3 is 1. The molecule has 27 heavy (non-hydrogen) atoms. The highest BCUT2D eigenvalue weighted by Gasteiger charge is 2.29. The topological polar surface area (TPSA) is 79.8 Å². The van der Waals surface area contributed by atoms with Crippen molar-refractivity contribution in [2.24, 2.45) is 5.10 Å². The number of carbonyl (C=O) groups is 2. The fraction of sp³-hybridized carbons (Fsp3) is 0.167. The van der Waals surface area contributed by atoms with Gasteiger partial charge in [-0.1, -0.05) is 18.2 Å². The molecule has 0 aliphatic carbocycles. The summed E-state index contributed by atoms with van der Waals surface area (Å²) in [5.41, 5.74) is 2.11. The molecule has 0 heterocycles. The minimum atomic E-state index is -4.41. The minimum Gasteiger partial charge on any atom is -0.497 e. The summed E-state index contributed by atoms with van der Waals surface area (Å²) >= 11 is 0. The molecule has 0 aliphatic rings. The van der Waals surface area contributed by atoms with Crippen LogP contribution >= 0.6 is 0 Å². The van der Waals surface area contributed by atoms with Gasteiger partial charge in [-0.25, -0.2) is 5.43 Å². The van der Waals surface area contributed by atoms with Gasteiger partial charge in [-0.3, -0.25) is 9.59 Å². The molecule has 0 atom stereocenters. The van der Waals surface area contributed by atoms with Crippen LogP contribution in [0.1, 0.15) is 21.5 Å². The molecule has 2 aromatic carbocycles. The monoisotopic (exact) mass is 379 g/mol. The Morgan fingerprint density at radius 1 is 1.15 bits per heavy atom. The number of hydrogen-bond acceptors (Lipinski definition) is 4. The first kappa shape index (κ1) is 20.0. The van der Waals surface area contributed by atoms with Crippen LogP contribution < -0.4 is 15.5 Å². The third-order valence-corrected chi connectivity index (χ3v) is 3.38. The Morgan fingerprint density at radius 3 is 2.48 bits per heavy atom. The third-order valence-electron chi connectivity index (χ3n) is 3.38. The predicted molar refractivity (Wildman–Crippen MR) is 92.5 cm³/mol. The fourth-order valence-electron chi connectivity index (χ4n) is 2.00. The van der Waals surface area contributed by atoms with Crippen molar-refractivity contribution in [2.45, 2.75) is 6.18 Å². The average molecular weight is 379 g/mol. The van der Waals surface area contributed by atoms with E-state index in [0.717, 1.165) is 12.1 Å². The zero-order chi connectivity index (χ0) is 19.9. The molecule has 142 valence electrons. The van der Waals surface area contributed by atoms with Gasteiger partial charge < -0.3 is 10.1 Å². The van der Waals surface area contributed by atoms with Crippen LogP contribution in [0.15, 0.2) is 53.6 Å². The normalized spacial score (nSPS) is 11.3. The summed E-state index contributed by atoms with van der Waals surface area (Å²) in [7, 11) is 1.47. The van der Waals surface area contributed by atoms with Crippen molar-refractivity contribution in [3.63, 3.8) is 0 Å². The fourth-order valence-corrected chi connectivity index (χ4v) is 2.00. The number of benzene rings is 2. The van der Waals surface area contributed by atoms with Crippen molar-refractivity contribution in [1.82, 2.24) is 10.7 Å². The SMILES string of the molecule is COc1cccc(C(=O)NCC(=O)N/N=C\c2ccc(C(F)(F)F)cc2)c1. The van der Waals surface area contributed by atoms with Gasteiger partial charge in [0.05, 0.1) is 25.4 Å². The van der Waals surface area contributed by atoms with Gasteiger partial charge in [0, 0.05) is 5.56 Å². The summed E-state index contributed by atoms with van der Waals surface area (Å²) in [5, 5.41) is 6.05. The van der Waals surface area contributed by atoms with Crippen LogP contribution in [0.4, 0.5) is 13.2 Å². The molecular formula is C18H16F3N3O3. The van der Waals surface area contributed by atoms with Crippen LogP contribution in [0.5, 0.6) is 5.75 Å². The molecule has 0 aromatic heterocycles. The van der Waals surface area contributed by atoms with E-state index in [-0.39, 0.29) is 6.54 Å². The summed E-state index contributed by atoms with van der Waals surface area (Å²) in [4.78, 5) is 23.6. The minimum absolute atomic E-state index is 0.319. The number of rotatable bonds is 6. The first-order valence-corrected chi connectivity index (χ1v) is 7.71. The second-order valence-electron chi connectivity index (χ2n) is 5.33. The molecule has 2 rings (SSSR count). The number of halogens is 3. The van der Waals surface area contributed by atoms with E-state index in [4.69, 9.17) is 4.74 Å². The van der Waals surface area contributed by atoms with Gasteiger partial charge in [0.1, 0.15) is 5.75 Å². The molecule has 0 fully saturated rings. The predicted octanol–water partition coefficient (Wildman–Crippen LogP) is 2.59. The van der Waals surface area contributed by atoms with Gasteiger partial charge in [-0.2, -0.15) is 18.3 Å². The molecule has 2 aromatic rings. The van der Waals surface area contributed by atoms with Crippen molar-refractivity contribution < 1.29 is 27.5 Å². The van der Waals surface area contributed by atoms with E-state index >= 15 is 0 Å². The first-order chi connectivity index (χ1) is 12.8. The zero-order valence-electron chi connectivity index (χ0n) is 14.2. The molecule has 0 bridgehead atoms. The summed E-state index contributed by atoms with van der Waals surface area (Å²) in [6.45, 7) is -0.319. The molecule has 0 spiro atoms. The van der Waals surface area contributed by atoms with Crippen molar-refractivity contribution in [3.05, 3.63) is 65.2 Å². The van der Waals surface area contributed by atoms with Gasteiger partial charge in [0.25, 0.3) is 11.8 Å². The quantitative estimate of drug-likeness (QED) is 0.598. The van der Waals surface area contributed by atoms with E-state index < -0.39 is 23.6 Å². The van der Waals surface area contributed by atoms with E-state index in [1.54, 1.807) is 18.2 Å². The molecule has 0 radical (unpaired) electrons. The van der Waals surface area contributed by atoms with E-state index in [1.807, 2.05) is 0 Å². The summed E-state index contributed by atoms with van der Waals surface area (Å²) in [6, 6.07) is 10.7. The number of ether oxygens (including phenoxy) is 1. The van der Waals surface area contributed by atoms with E-state index in [2.05, 4.69) is 15.8 Å². The number of hydrogen-bond donors (Lipinski definition) is 2. The largest absolute Gasteiger partial charge is 0.497 e. The van der Waals surface area contributed by atoms with Crippen LogP contribution in [-0.4, -0.2) is 31.7 Å². The number of alkyl halides is 3. The van der Waals surface area contributed by atoms with Gasteiger partial charge in [0.15, 0.2) is 0 Å². The first-order valence-electron chi connectivity index (χ1n) is 7.71.